The van der Waals surface area contributed by atoms with Crippen LogP contribution in [0.15, 0.2) is 53.2 Å². The second kappa shape index (κ2) is 7.27. The number of H-pyrrole nitrogens is 1. The van der Waals surface area contributed by atoms with Crippen molar-refractivity contribution in [1.29, 1.82) is 0 Å². The van der Waals surface area contributed by atoms with Gasteiger partial charge in [0.05, 0.1) is 6.54 Å². The van der Waals surface area contributed by atoms with E-state index in [0.717, 1.165) is 17.1 Å². The Morgan fingerprint density at radius 1 is 1.10 bits per heavy atom. The largest absolute Gasteiger partial charge is 0.508 e. The molecule has 1 saturated carbocycles. The van der Waals surface area contributed by atoms with E-state index in [-0.39, 0.29) is 5.75 Å². The van der Waals surface area contributed by atoms with E-state index in [2.05, 4.69) is 36.0 Å². The first kappa shape index (κ1) is 17.2. The van der Waals surface area contributed by atoms with Crippen LogP contribution >= 0.6 is 0 Å². The number of hydrogen-bond acceptors (Lipinski definition) is 8. The average molecular weight is 389 g/mol. The molecule has 0 amide bonds. The van der Waals surface area contributed by atoms with Crippen LogP contribution in [-0.4, -0.2) is 30.4 Å². The molecule has 9 heteroatoms. The number of aromatic nitrogens is 5. The van der Waals surface area contributed by atoms with Crippen molar-refractivity contribution in [2.45, 2.75) is 25.3 Å². The minimum absolute atomic E-state index is 0.211. The van der Waals surface area contributed by atoms with Gasteiger partial charge in [-0.05, 0) is 43.2 Å². The SMILES string of the molecule is Oc1ccc(-c2cc(CNc3nccc(Nc4cc(C5CC5)[nH]n4)n3)on2)cc1. The molecule has 29 heavy (non-hydrogen) atoms. The normalized spacial score (nSPS) is 13.4. The Kier molecular flexibility index (Phi) is 4.32. The van der Waals surface area contributed by atoms with Crippen LogP contribution in [0.25, 0.3) is 11.3 Å². The maximum absolute atomic E-state index is 9.38. The van der Waals surface area contributed by atoms with Crippen molar-refractivity contribution in [1.82, 2.24) is 25.3 Å². The van der Waals surface area contributed by atoms with Gasteiger partial charge in [0, 0.05) is 35.5 Å². The monoisotopic (exact) mass is 389 g/mol. The van der Waals surface area contributed by atoms with E-state index in [0.29, 0.717) is 35.7 Å². The summed E-state index contributed by atoms with van der Waals surface area (Å²) >= 11 is 0. The zero-order valence-corrected chi connectivity index (χ0v) is 15.5. The lowest BCUT2D eigenvalue weighted by Crippen LogP contribution is -2.04. The summed E-state index contributed by atoms with van der Waals surface area (Å²) in [4.78, 5) is 8.68. The fourth-order valence-corrected chi connectivity index (χ4v) is 2.98. The van der Waals surface area contributed by atoms with Crippen molar-refractivity contribution in [3.8, 4) is 17.0 Å². The predicted octanol–water partition coefficient (Wildman–Crippen LogP) is 3.79. The number of rotatable bonds is 7. The highest BCUT2D eigenvalue weighted by atomic mass is 16.5. The van der Waals surface area contributed by atoms with E-state index in [1.54, 1.807) is 36.5 Å². The Labute approximate surface area is 166 Å². The van der Waals surface area contributed by atoms with Crippen molar-refractivity contribution < 1.29 is 9.63 Å². The molecule has 0 spiro atoms. The zero-order valence-electron chi connectivity index (χ0n) is 15.5. The third kappa shape index (κ3) is 4.03. The van der Waals surface area contributed by atoms with Gasteiger partial charge in [-0.15, -0.1) is 0 Å². The standard InChI is InChI=1S/C20H19N7O2/c28-14-5-3-13(4-6-14)17-9-15(29-27-17)11-22-20-21-8-7-18(24-20)23-19-10-16(25-26-19)12-1-2-12/h3-10,12,28H,1-2,11H2,(H3,21,22,23,24,25,26). The number of phenols is 1. The van der Waals surface area contributed by atoms with Gasteiger partial charge in [-0.3, -0.25) is 5.10 Å². The first-order valence-electron chi connectivity index (χ1n) is 9.37. The number of nitrogens with one attached hydrogen (secondary N) is 3. The number of benzene rings is 1. The van der Waals surface area contributed by atoms with Crippen molar-refractivity contribution in [3.05, 3.63) is 60.1 Å². The fourth-order valence-electron chi connectivity index (χ4n) is 2.98. The number of aromatic amines is 1. The van der Waals surface area contributed by atoms with Gasteiger partial charge in [0.25, 0.3) is 0 Å². The lowest BCUT2D eigenvalue weighted by molar-refractivity contribution is 0.390. The van der Waals surface area contributed by atoms with Crippen molar-refractivity contribution >= 4 is 17.6 Å². The maximum Gasteiger partial charge on any atom is 0.224 e. The predicted molar refractivity (Wildman–Crippen MR) is 107 cm³/mol. The van der Waals surface area contributed by atoms with Crippen LogP contribution in [0.5, 0.6) is 5.75 Å². The van der Waals surface area contributed by atoms with Crippen LogP contribution in [0.1, 0.15) is 30.2 Å². The molecular formula is C20H19N7O2. The van der Waals surface area contributed by atoms with Crippen LogP contribution in [0.3, 0.4) is 0 Å². The Bertz CT molecular complexity index is 1120. The van der Waals surface area contributed by atoms with E-state index < -0.39 is 0 Å². The number of aromatic hydroxyl groups is 1. The highest BCUT2D eigenvalue weighted by Gasteiger charge is 2.25. The van der Waals surface area contributed by atoms with Gasteiger partial charge in [0.15, 0.2) is 11.6 Å². The molecular weight excluding hydrogens is 370 g/mol. The molecule has 0 unspecified atom stereocenters. The van der Waals surface area contributed by atoms with Crippen LogP contribution in [0.2, 0.25) is 0 Å². The second-order valence-corrected chi connectivity index (χ2v) is 6.95. The van der Waals surface area contributed by atoms with Gasteiger partial charge in [0.1, 0.15) is 17.3 Å². The van der Waals surface area contributed by atoms with E-state index in [4.69, 9.17) is 4.52 Å². The Hall–Kier alpha value is -3.88. The molecule has 4 aromatic rings. The number of phenolic OH excluding ortho intramolecular Hbond substituents is 1. The molecule has 9 nitrogen and oxygen atoms in total. The third-order valence-corrected chi connectivity index (χ3v) is 4.67. The Balaban J connectivity index is 1.22. The van der Waals surface area contributed by atoms with Crippen LogP contribution in [0.4, 0.5) is 17.6 Å². The summed E-state index contributed by atoms with van der Waals surface area (Å²) in [6.45, 7) is 0.392. The lowest BCUT2D eigenvalue weighted by Gasteiger charge is -2.05. The fraction of sp³-hybridized carbons (Fsp3) is 0.200. The van der Waals surface area contributed by atoms with Crippen LogP contribution in [-0.2, 0) is 6.54 Å². The number of anilines is 3. The molecule has 3 heterocycles. The average Bonchev–Trinajstić information content (AvgIpc) is 3.29. The van der Waals surface area contributed by atoms with Crippen molar-refractivity contribution in [3.63, 3.8) is 0 Å². The first-order chi connectivity index (χ1) is 14.2. The van der Waals surface area contributed by atoms with Gasteiger partial charge in [0.2, 0.25) is 5.95 Å². The molecule has 3 aromatic heterocycles. The molecule has 0 saturated heterocycles. The molecule has 1 aliphatic carbocycles. The number of hydrogen-bond donors (Lipinski definition) is 4. The van der Waals surface area contributed by atoms with E-state index in [1.807, 2.05) is 12.1 Å². The van der Waals surface area contributed by atoms with E-state index in [9.17, 15) is 5.11 Å². The molecule has 1 aliphatic rings. The summed E-state index contributed by atoms with van der Waals surface area (Å²) in [5.74, 6) is 3.34. The lowest BCUT2D eigenvalue weighted by atomic mass is 10.1. The molecule has 0 radical (unpaired) electrons. The molecule has 0 aliphatic heterocycles. The molecule has 5 rings (SSSR count). The second-order valence-electron chi connectivity index (χ2n) is 6.95. The molecule has 4 N–H and O–H groups in total. The maximum atomic E-state index is 9.38. The van der Waals surface area contributed by atoms with Gasteiger partial charge in [-0.25, -0.2) is 4.98 Å². The van der Waals surface area contributed by atoms with Gasteiger partial charge >= 0.3 is 0 Å². The quantitative estimate of drug-likeness (QED) is 0.376. The highest BCUT2D eigenvalue weighted by Crippen LogP contribution is 2.39. The smallest absolute Gasteiger partial charge is 0.224 e. The number of nitrogens with zero attached hydrogens (tertiary/aromatic N) is 4. The summed E-state index contributed by atoms with van der Waals surface area (Å²) in [5.41, 5.74) is 2.72. The Morgan fingerprint density at radius 3 is 2.79 bits per heavy atom. The summed E-state index contributed by atoms with van der Waals surface area (Å²) in [7, 11) is 0. The van der Waals surface area contributed by atoms with E-state index >= 15 is 0 Å². The minimum Gasteiger partial charge on any atom is -0.508 e. The highest BCUT2D eigenvalue weighted by molar-refractivity contribution is 5.60. The molecule has 0 atom stereocenters. The van der Waals surface area contributed by atoms with Crippen molar-refractivity contribution in [2.24, 2.45) is 0 Å². The molecule has 1 fully saturated rings. The van der Waals surface area contributed by atoms with Crippen molar-refractivity contribution in [2.75, 3.05) is 10.6 Å². The van der Waals surface area contributed by atoms with Gasteiger partial charge in [-0.2, -0.15) is 10.1 Å². The summed E-state index contributed by atoms with van der Waals surface area (Å²) < 4.78 is 5.37. The third-order valence-electron chi connectivity index (χ3n) is 4.67. The first-order valence-corrected chi connectivity index (χ1v) is 9.37. The molecule has 0 bridgehead atoms. The van der Waals surface area contributed by atoms with E-state index in [1.165, 1.54) is 12.8 Å². The topological polar surface area (TPSA) is 125 Å². The molecule has 1 aromatic carbocycles. The van der Waals surface area contributed by atoms with Crippen LogP contribution < -0.4 is 10.6 Å². The van der Waals surface area contributed by atoms with Gasteiger partial charge < -0.3 is 20.3 Å². The zero-order chi connectivity index (χ0) is 19.6. The summed E-state index contributed by atoms with van der Waals surface area (Å²) in [5, 5.41) is 27.1. The Morgan fingerprint density at radius 2 is 1.97 bits per heavy atom. The summed E-state index contributed by atoms with van der Waals surface area (Å²) in [6.07, 6.45) is 4.12. The van der Waals surface area contributed by atoms with Gasteiger partial charge in [-0.1, -0.05) is 5.16 Å². The summed E-state index contributed by atoms with van der Waals surface area (Å²) in [6, 6.07) is 12.4. The molecule has 146 valence electrons. The van der Waals surface area contributed by atoms with Crippen LogP contribution in [0, 0.1) is 0 Å². The minimum atomic E-state index is 0.211.